The van der Waals surface area contributed by atoms with Gasteiger partial charge in [0.1, 0.15) is 0 Å². The quantitative estimate of drug-likeness (QED) is 0.366. The van der Waals surface area contributed by atoms with Crippen molar-refractivity contribution < 1.29 is 0 Å². The van der Waals surface area contributed by atoms with E-state index in [1.807, 2.05) is 6.08 Å². The van der Waals surface area contributed by atoms with Crippen LogP contribution >= 0.6 is 0 Å². The van der Waals surface area contributed by atoms with Gasteiger partial charge < -0.3 is 0 Å². The van der Waals surface area contributed by atoms with Gasteiger partial charge in [0, 0.05) is 0 Å². The second kappa shape index (κ2) is 13.2. The van der Waals surface area contributed by atoms with Gasteiger partial charge in [-0.3, -0.25) is 0 Å². The van der Waals surface area contributed by atoms with Gasteiger partial charge in [-0.2, -0.15) is 5.26 Å². The highest BCUT2D eigenvalue weighted by atomic mass is 14.2. The first kappa shape index (κ1) is 14.2. The van der Waals surface area contributed by atoms with Crippen LogP contribution in [0.3, 0.4) is 0 Å². The smallest absolute Gasteiger partial charge is 0.0663 e. The third-order valence-corrected chi connectivity index (χ3v) is 2.60. The molecule has 0 aliphatic rings. The van der Waals surface area contributed by atoms with Crippen molar-refractivity contribution in [2.24, 2.45) is 0 Å². The minimum atomic E-state index is 0.566. The molecule has 0 N–H and O–H groups in total. The molecule has 0 atom stereocenters. The predicted molar refractivity (Wildman–Crippen MR) is 66.6 cm³/mol. The molecule has 0 radical (unpaired) electrons. The molecular weight excluding hydrogens is 182 g/mol. The molecule has 0 bridgehead atoms. The average Bonchev–Trinajstić information content (AvgIpc) is 2.26. The van der Waals surface area contributed by atoms with E-state index in [1.54, 1.807) is 0 Å². The highest BCUT2D eigenvalue weighted by Crippen LogP contribution is 2.09. The zero-order valence-electron chi connectivity index (χ0n) is 10.2. The SMILES string of the molecule is CCCCCCCCCC/C=C\CC#N. The van der Waals surface area contributed by atoms with E-state index < -0.39 is 0 Å². The van der Waals surface area contributed by atoms with E-state index in [1.165, 1.54) is 51.4 Å². The lowest BCUT2D eigenvalue weighted by Crippen LogP contribution is -1.79. The fraction of sp³-hybridized carbons (Fsp3) is 0.786. The number of nitrogens with zero attached hydrogens (tertiary/aromatic N) is 1. The van der Waals surface area contributed by atoms with Crippen molar-refractivity contribution in [3.05, 3.63) is 12.2 Å². The fourth-order valence-corrected chi connectivity index (χ4v) is 1.65. The van der Waals surface area contributed by atoms with Crippen LogP contribution in [-0.2, 0) is 0 Å². The average molecular weight is 207 g/mol. The summed E-state index contributed by atoms with van der Waals surface area (Å²) in [6.45, 7) is 2.26. The Morgan fingerprint density at radius 2 is 1.47 bits per heavy atom. The maximum absolute atomic E-state index is 8.31. The zero-order chi connectivity index (χ0) is 11.2. The standard InChI is InChI=1S/C14H25N/c1-2-3-4-5-6-7-8-9-10-11-12-13-14-15/h11-12H,2-10,13H2,1H3/b12-11-. The van der Waals surface area contributed by atoms with Crippen molar-refractivity contribution in [1.29, 1.82) is 5.26 Å². The summed E-state index contributed by atoms with van der Waals surface area (Å²) in [5, 5.41) is 8.31. The van der Waals surface area contributed by atoms with E-state index in [4.69, 9.17) is 5.26 Å². The molecule has 0 heterocycles. The second-order valence-electron chi connectivity index (χ2n) is 4.10. The highest BCUT2D eigenvalue weighted by Gasteiger charge is 1.89. The van der Waals surface area contributed by atoms with Crippen molar-refractivity contribution in [3.63, 3.8) is 0 Å². The molecule has 0 aromatic rings. The van der Waals surface area contributed by atoms with Gasteiger partial charge in [0.25, 0.3) is 0 Å². The maximum atomic E-state index is 8.31. The van der Waals surface area contributed by atoms with Gasteiger partial charge in [0.2, 0.25) is 0 Å². The summed E-state index contributed by atoms with van der Waals surface area (Å²) >= 11 is 0. The van der Waals surface area contributed by atoms with Crippen molar-refractivity contribution in [1.82, 2.24) is 0 Å². The summed E-state index contributed by atoms with van der Waals surface area (Å²) in [5.74, 6) is 0. The van der Waals surface area contributed by atoms with Crippen molar-refractivity contribution in [2.45, 2.75) is 71.1 Å². The Labute approximate surface area is 95.2 Å². The summed E-state index contributed by atoms with van der Waals surface area (Å²) in [6, 6.07) is 2.11. The number of hydrogen-bond acceptors (Lipinski definition) is 1. The van der Waals surface area contributed by atoms with E-state index in [0.717, 1.165) is 6.42 Å². The minimum Gasteiger partial charge on any atom is -0.198 e. The molecule has 0 rings (SSSR count). The van der Waals surface area contributed by atoms with Crippen LogP contribution in [0.4, 0.5) is 0 Å². The van der Waals surface area contributed by atoms with Gasteiger partial charge in [-0.25, -0.2) is 0 Å². The monoisotopic (exact) mass is 207 g/mol. The van der Waals surface area contributed by atoms with E-state index in [2.05, 4.69) is 19.1 Å². The largest absolute Gasteiger partial charge is 0.198 e. The van der Waals surface area contributed by atoms with E-state index in [9.17, 15) is 0 Å². The number of nitriles is 1. The van der Waals surface area contributed by atoms with Gasteiger partial charge in [-0.1, -0.05) is 64.0 Å². The van der Waals surface area contributed by atoms with Crippen molar-refractivity contribution in [2.75, 3.05) is 0 Å². The minimum absolute atomic E-state index is 0.566. The summed E-state index contributed by atoms with van der Waals surface area (Å²) in [4.78, 5) is 0. The lowest BCUT2D eigenvalue weighted by atomic mass is 10.1. The van der Waals surface area contributed by atoms with Gasteiger partial charge in [-0.05, 0) is 12.8 Å². The Morgan fingerprint density at radius 1 is 0.867 bits per heavy atom. The van der Waals surface area contributed by atoms with Crippen LogP contribution in [-0.4, -0.2) is 0 Å². The Balaban J connectivity index is 2.96. The predicted octanol–water partition coefficient (Wildman–Crippen LogP) is 4.99. The first-order valence-corrected chi connectivity index (χ1v) is 6.43. The molecule has 0 aliphatic heterocycles. The molecule has 0 saturated heterocycles. The molecular formula is C14H25N. The number of allylic oxidation sites excluding steroid dienone is 2. The summed E-state index contributed by atoms with van der Waals surface area (Å²) in [5.41, 5.74) is 0. The topological polar surface area (TPSA) is 23.8 Å². The van der Waals surface area contributed by atoms with E-state index >= 15 is 0 Å². The third kappa shape index (κ3) is 13.2. The fourth-order valence-electron chi connectivity index (χ4n) is 1.65. The molecule has 0 aromatic heterocycles. The van der Waals surface area contributed by atoms with Gasteiger partial charge in [0.05, 0.1) is 12.5 Å². The molecule has 1 heteroatoms. The molecule has 0 amide bonds. The summed E-state index contributed by atoms with van der Waals surface area (Å²) in [7, 11) is 0. The maximum Gasteiger partial charge on any atom is 0.0663 e. The number of unbranched alkanes of at least 4 members (excludes halogenated alkanes) is 8. The van der Waals surface area contributed by atoms with E-state index in [0.29, 0.717) is 6.42 Å². The third-order valence-electron chi connectivity index (χ3n) is 2.60. The summed E-state index contributed by atoms with van der Waals surface area (Å²) in [6.07, 6.45) is 16.8. The van der Waals surface area contributed by atoms with Crippen molar-refractivity contribution in [3.8, 4) is 6.07 Å². The normalized spacial score (nSPS) is 10.7. The van der Waals surface area contributed by atoms with Crippen LogP contribution < -0.4 is 0 Å². The number of rotatable bonds is 10. The van der Waals surface area contributed by atoms with Gasteiger partial charge in [-0.15, -0.1) is 0 Å². The second-order valence-corrected chi connectivity index (χ2v) is 4.10. The van der Waals surface area contributed by atoms with Crippen LogP contribution in [0.15, 0.2) is 12.2 Å². The molecule has 0 fully saturated rings. The first-order chi connectivity index (χ1) is 7.41. The van der Waals surface area contributed by atoms with Crippen LogP contribution in [0.25, 0.3) is 0 Å². The zero-order valence-corrected chi connectivity index (χ0v) is 10.2. The first-order valence-electron chi connectivity index (χ1n) is 6.43. The van der Waals surface area contributed by atoms with Gasteiger partial charge >= 0.3 is 0 Å². The van der Waals surface area contributed by atoms with Crippen molar-refractivity contribution >= 4 is 0 Å². The lowest BCUT2D eigenvalue weighted by molar-refractivity contribution is 0.577. The summed E-state index contributed by atoms with van der Waals surface area (Å²) < 4.78 is 0. The Bertz CT molecular complexity index is 176. The molecule has 0 saturated carbocycles. The molecule has 86 valence electrons. The lowest BCUT2D eigenvalue weighted by Gasteiger charge is -1.99. The van der Waals surface area contributed by atoms with E-state index in [-0.39, 0.29) is 0 Å². The Morgan fingerprint density at radius 3 is 2.07 bits per heavy atom. The number of hydrogen-bond donors (Lipinski definition) is 0. The van der Waals surface area contributed by atoms with Crippen LogP contribution in [0, 0.1) is 11.3 Å². The van der Waals surface area contributed by atoms with Crippen LogP contribution in [0.2, 0.25) is 0 Å². The molecule has 0 aromatic carbocycles. The molecule has 0 aliphatic carbocycles. The Hall–Kier alpha value is -0.770. The van der Waals surface area contributed by atoms with Crippen LogP contribution in [0.5, 0.6) is 0 Å². The molecule has 0 spiro atoms. The highest BCUT2D eigenvalue weighted by molar-refractivity contribution is 4.90. The van der Waals surface area contributed by atoms with Gasteiger partial charge in [0.15, 0.2) is 0 Å². The van der Waals surface area contributed by atoms with Crippen LogP contribution in [0.1, 0.15) is 71.1 Å². The molecule has 1 nitrogen and oxygen atoms in total. The Kier molecular flexibility index (Phi) is 12.6. The molecule has 0 unspecified atom stereocenters. The molecule has 15 heavy (non-hydrogen) atoms.